The van der Waals surface area contributed by atoms with E-state index >= 15 is 0 Å². The molecule has 0 aliphatic rings. The van der Waals surface area contributed by atoms with Crippen LogP contribution in [0.4, 0.5) is 0 Å². The zero-order valence-electron chi connectivity index (χ0n) is 10.9. The topological polar surface area (TPSA) is 29.9 Å². The number of aromatic nitrogens is 2. The Morgan fingerprint density at radius 1 is 1.29 bits per heavy atom. The number of aryl methyl sites for hydroxylation is 1. The van der Waals surface area contributed by atoms with Crippen LogP contribution in [0.3, 0.4) is 0 Å². The van der Waals surface area contributed by atoms with Crippen LogP contribution in [0.1, 0.15) is 32.5 Å². The molecule has 0 spiro atoms. The average molecular weight is 231 g/mol. The second-order valence-corrected chi connectivity index (χ2v) is 4.41. The van der Waals surface area contributed by atoms with Crippen molar-refractivity contribution >= 4 is 11.0 Å². The molecule has 0 fully saturated rings. The Morgan fingerprint density at radius 3 is 2.76 bits per heavy atom. The van der Waals surface area contributed by atoms with Crippen molar-refractivity contribution in [3.63, 3.8) is 0 Å². The zero-order chi connectivity index (χ0) is 12.3. The van der Waals surface area contributed by atoms with E-state index in [1.807, 2.05) is 6.07 Å². The summed E-state index contributed by atoms with van der Waals surface area (Å²) in [6.45, 7) is 9.52. The summed E-state index contributed by atoms with van der Waals surface area (Å²) in [5, 5.41) is 3.39. The van der Waals surface area contributed by atoms with Crippen LogP contribution in [-0.4, -0.2) is 22.6 Å². The van der Waals surface area contributed by atoms with Crippen LogP contribution in [0.25, 0.3) is 11.0 Å². The van der Waals surface area contributed by atoms with Gasteiger partial charge in [0, 0.05) is 19.0 Å². The molecule has 1 heterocycles. The maximum absolute atomic E-state index is 4.76. The normalized spacial score (nSPS) is 13.1. The number of para-hydroxylation sites is 2. The number of hydrogen-bond acceptors (Lipinski definition) is 2. The maximum atomic E-state index is 4.76. The predicted octanol–water partition coefficient (Wildman–Crippen LogP) is 2.77. The van der Waals surface area contributed by atoms with Crippen molar-refractivity contribution in [2.75, 3.05) is 13.1 Å². The number of hydrogen-bond donors (Lipinski definition) is 1. The van der Waals surface area contributed by atoms with E-state index in [-0.39, 0.29) is 0 Å². The number of rotatable bonds is 5. The average Bonchev–Trinajstić information content (AvgIpc) is 2.74. The third-order valence-corrected chi connectivity index (χ3v) is 3.14. The van der Waals surface area contributed by atoms with Gasteiger partial charge >= 0.3 is 0 Å². The van der Waals surface area contributed by atoms with Gasteiger partial charge in [-0.3, -0.25) is 0 Å². The fourth-order valence-electron chi connectivity index (χ4n) is 2.25. The zero-order valence-corrected chi connectivity index (χ0v) is 10.9. The van der Waals surface area contributed by atoms with E-state index in [0.717, 1.165) is 25.2 Å². The van der Waals surface area contributed by atoms with Crippen molar-refractivity contribution in [1.82, 2.24) is 14.9 Å². The Morgan fingerprint density at radius 2 is 2.06 bits per heavy atom. The van der Waals surface area contributed by atoms with Crippen LogP contribution >= 0.6 is 0 Å². The first-order chi connectivity index (χ1) is 8.27. The van der Waals surface area contributed by atoms with Gasteiger partial charge in [-0.05, 0) is 25.6 Å². The van der Waals surface area contributed by atoms with Crippen molar-refractivity contribution in [2.45, 2.75) is 33.2 Å². The molecule has 3 heteroatoms. The first-order valence-corrected chi connectivity index (χ1v) is 6.43. The highest BCUT2D eigenvalue weighted by molar-refractivity contribution is 5.76. The van der Waals surface area contributed by atoms with E-state index in [0.29, 0.717) is 5.92 Å². The first kappa shape index (κ1) is 12.1. The largest absolute Gasteiger partial charge is 0.328 e. The molecule has 1 unspecified atom stereocenters. The molecule has 0 amide bonds. The van der Waals surface area contributed by atoms with Crippen LogP contribution in [0, 0.1) is 0 Å². The Balaban J connectivity index is 2.38. The SMILES string of the molecule is CCNCC(C)c1nc2ccccc2n1CC. The second kappa shape index (κ2) is 5.32. The number of nitrogens with zero attached hydrogens (tertiary/aromatic N) is 2. The minimum Gasteiger partial charge on any atom is -0.328 e. The van der Waals surface area contributed by atoms with Crippen molar-refractivity contribution in [3.05, 3.63) is 30.1 Å². The molecule has 3 nitrogen and oxygen atoms in total. The van der Waals surface area contributed by atoms with Gasteiger partial charge in [0.15, 0.2) is 0 Å². The standard InChI is InChI=1S/C14H21N3/c1-4-15-10-11(3)14-16-12-8-6-7-9-13(12)17(14)5-2/h6-9,11,15H,4-5,10H2,1-3H3. The van der Waals surface area contributed by atoms with Crippen LogP contribution in [0.15, 0.2) is 24.3 Å². The quantitative estimate of drug-likeness (QED) is 0.857. The summed E-state index contributed by atoms with van der Waals surface area (Å²) < 4.78 is 2.32. The third kappa shape index (κ3) is 2.34. The lowest BCUT2D eigenvalue weighted by molar-refractivity contribution is 0.577. The lowest BCUT2D eigenvalue weighted by Gasteiger charge is -2.13. The van der Waals surface area contributed by atoms with Gasteiger partial charge in [-0.25, -0.2) is 4.98 Å². The molecule has 0 saturated carbocycles. The minimum absolute atomic E-state index is 0.447. The monoisotopic (exact) mass is 231 g/mol. The molecule has 1 aromatic heterocycles. The van der Waals surface area contributed by atoms with E-state index in [1.54, 1.807) is 0 Å². The molecule has 0 bridgehead atoms. The van der Waals surface area contributed by atoms with Crippen LogP contribution in [0.2, 0.25) is 0 Å². The Labute approximate surface area is 103 Å². The van der Waals surface area contributed by atoms with E-state index in [1.165, 1.54) is 11.3 Å². The summed E-state index contributed by atoms with van der Waals surface area (Å²) in [5.74, 6) is 1.64. The van der Waals surface area contributed by atoms with Crippen LogP contribution < -0.4 is 5.32 Å². The van der Waals surface area contributed by atoms with Crippen molar-refractivity contribution in [3.8, 4) is 0 Å². The predicted molar refractivity (Wildman–Crippen MR) is 72.4 cm³/mol. The molecule has 1 atom stereocenters. The molecule has 2 aromatic rings. The highest BCUT2D eigenvalue weighted by Gasteiger charge is 2.14. The molecule has 1 aromatic carbocycles. The number of likely N-dealkylation sites (N-methyl/N-ethyl adjacent to an activating group) is 1. The highest BCUT2D eigenvalue weighted by Crippen LogP contribution is 2.21. The van der Waals surface area contributed by atoms with E-state index in [4.69, 9.17) is 4.98 Å². The molecule has 0 saturated heterocycles. The molecule has 0 aliphatic heterocycles. The summed E-state index contributed by atoms with van der Waals surface area (Å²) in [6.07, 6.45) is 0. The molecular formula is C14H21N3. The Bertz CT molecular complexity index is 487. The van der Waals surface area contributed by atoms with Crippen molar-refractivity contribution < 1.29 is 0 Å². The fourth-order valence-corrected chi connectivity index (χ4v) is 2.25. The van der Waals surface area contributed by atoms with E-state index in [2.05, 4.69) is 48.9 Å². The van der Waals surface area contributed by atoms with Gasteiger partial charge in [-0.15, -0.1) is 0 Å². The number of imidazole rings is 1. The second-order valence-electron chi connectivity index (χ2n) is 4.41. The molecule has 2 rings (SSSR count). The van der Waals surface area contributed by atoms with Crippen LogP contribution in [-0.2, 0) is 6.54 Å². The number of nitrogens with one attached hydrogen (secondary N) is 1. The molecule has 92 valence electrons. The lowest BCUT2D eigenvalue weighted by Crippen LogP contribution is -2.21. The van der Waals surface area contributed by atoms with Gasteiger partial charge in [0.2, 0.25) is 0 Å². The van der Waals surface area contributed by atoms with Crippen molar-refractivity contribution in [2.24, 2.45) is 0 Å². The Hall–Kier alpha value is -1.35. The summed E-state index contributed by atoms with van der Waals surface area (Å²) in [5.41, 5.74) is 2.35. The van der Waals surface area contributed by atoms with Gasteiger partial charge < -0.3 is 9.88 Å². The Kier molecular flexibility index (Phi) is 3.79. The van der Waals surface area contributed by atoms with Crippen LogP contribution in [0.5, 0.6) is 0 Å². The summed E-state index contributed by atoms with van der Waals surface area (Å²) >= 11 is 0. The van der Waals surface area contributed by atoms with Gasteiger partial charge in [0.25, 0.3) is 0 Å². The van der Waals surface area contributed by atoms with E-state index in [9.17, 15) is 0 Å². The molecular weight excluding hydrogens is 210 g/mol. The molecule has 1 N–H and O–H groups in total. The molecule has 0 aliphatic carbocycles. The summed E-state index contributed by atoms with van der Waals surface area (Å²) in [6, 6.07) is 8.36. The fraction of sp³-hybridized carbons (Fsp3) is 0.500. The molecule has 17 heavy (non-hydrogen) atoms. The summed E-state index contributed by atoms with van der Waals surface area (Å²) in [4.78, 5) is 4.76. The molecule has 0 radical (unpaired) electrons. The first-order valence-electron chi connectivity index (χ1n) is 6.43. The highest BCUT2D eigenvalue weighted by atomic mass is 15.1. The lowest BCUT2D eigenvalue weighted by atomic mass is 10.1. The van der Waals surface area contributed by atoms with Gasteiger partial charge in [0.05, 0.1) is 11.0 Å². The maximum Gasteiger partial charge on any atom is 0.113 e. The minimum atomic E-state index is 0.447. The summed E-state index contributed by atoms with van der Waals surface area (Å²) in [7, 11) is 0. The smallest absolute Gasteiger partial charge is 0.113 e. The third-order valence-electron chi connectivity index (χ3n) is 3.14. The van der Waals surface area contributed by atoms with Crippen molar-refractivity contribution in [1.29, 1.82) is 0 Å². The van der Waals surface area contributed by atoms with Gasteiger partial charge in [0.1, 0.15) is 5.82 Å². The van der Waals surface area contributed by atoms with Gasteiger partial charge in [-0.1, -0.05) is 26.0 Å². The number of benzene rings is 1. The van der Waals surface area contributed by atoms with E-state index < -0.39 is 0 Å². The van der Waals surface area contributed by atoms with Gasteiger partial charge in [-0.2, -0.15) is 0 Å². The number of fused-ring (bicyclic) bond motifs is 1.